The number of aromatic nitrogens is 3. The van der Waals surface area contributed by atoms with Gasteiger partial charge in [-0.1, -0.05) is 37.3 Å². The Morgan fingerprint density at radius 1 is 0.967 bits per heavy atom. The van der Waals surface area contributed by atoms with Crippen molar-refractivity contribution in [1.82, 2.24) is 14.6 Å². The molecule has 0 aliphatic carbocycles. The van der Waals surface area contributed by atoms with E-state index < -0.39 is 0 Å². The lowest BCUT2D eigenvalue weighted by molar-refractivity contribution is 0.394. The Balaban J connectivity index is 1.80. The van der Waals surface area contributed by atoms with Gasteiger partial charge in [-0.2, -0.15) is 9.61 Å². The van der Waals surface area contributed by atoms with Gasteiger partial charge < -0.3 is 14.8 Å². The first-order valence-electron chi connectivity index (χ1n) is 10.0. The molecule has 0 aliphatic rings. The highest BCUT2D eigenvalue weighted by Gasteiger charge is 2.16. The highest BCUT2D eigenvalue weighted by molar-refractivity contribution is 5.69. The highest BCUT2D eigenvalue weighted by Crippen LogP contribution is 2.31. The number of rotatable bonds is 7. The van der Waals surface area contributed by atoms with Crippen molar-refractivity contribution >= 4 is 11.5 Å². The molecule has 0 fully saturated rings. The minimum atomic E-state index is 0.717. The zero-order valence-corrected chi connectivity index (χ0v) is 17.8. The van der Waals surface area contributed by atoms with Crippen LogP contribution in [0.15, 0.2) is 54.6 Å². The van der Waals surface area contributed by atoms with E-state index in [1.54, 1.807) is 14.2 Å². The van der Waals surface area contributed by atoms with Crippen LogP contribution in [0.3, 0.4) is 0 Å². The minimum Gasteiger partial charge on any atom is -0.497 e. The fourth-order valence-corrected chi connectivity index (χ4v) is 3.64. The van der Waals surface area contributed by atoms with Gasteiger partial charge in [-0.05, 0) is 31.0 Å². The quantitative estimate of drug-likeness (QED) is 0.477. The van der Waals surface area contributed by atoms with Crippen molar-refractivity contribution in [3.05, 3.63) is 71.4 Å². The number of anilines is 1. The van der Waals surface area contributed by atoms with Crippen LogP contribution >= 0.6 is 0 Å². The van der Waals surface area contributed by atoms with Crippen LogP contribution in [0.2, 0.25) is 0 Å². The number of hydrogen-bond acceptors (Lipinski definition) is 5. The molecule has 0 aliphatic heterocycles. The zero-order chi connectivity index (χ0) is 21.1. The van der Waals surface area contributed by atoms with E-state index in [2.05, 4.69) is 24.4 Å². The molecule has 30 heavy (non-hydrogen) atoms. The summed E-state index contributed by atoms with van der Waals surface area (Å²) in [5.74, 6) is 2.43. The van der Waals surface area contributed by atoms with E-state index in [4.69, 9.17) is 19.6 Å². The minimum absolute atomic E-state index is 0.717. The molecule has 0 saturated heterocycles. The molecule has 2 aromatic carbocycles. The van der Waals surface area contributed by atoms with Crippen LogP contribution < -0.4 is 14.8 Å². The Labute approximate surface area is 176 Å². The first-order valence-corrected chi connectivity index (χ1v) is 10.0. The molecular formula is C24H26N4O2. The molecule has 0 atom stereocenters. The number of methoxy groups -OCH3 is 2. The van der Waals surface area contributed by atoms with Gasteiger partial charge in [0.15, 0.2) is 5.65 Å². The van der Waals surface area contributed by atoms with Crippen molar-refractivity contribution in [1.29, 1.82) is 0 Å². The number of nitrogens with one attached hydrogen (secondary N) is 1. The first-order chi connectivity index (χ1) is 14.6. The number of nitrogens with zero attached hydrogens (tertiary/aromatic N) is 3. The van der Waals surface area contributed by atoms with Gasteiger partial charge in [-0.3, -0.25) is 0 Å². The average Bonchev–Trinajstić information content (AvgIpc) is 3.21. The van der Waals surface area contributed by atoms with E-state index in [0.29, 0.717) is 6.54 Å². The third-order valence-electron chi connectivity index (χ3n) is 5.21. The molecular weight excluding hydrogens is 376 g/mol. The smallest absolute Gasteiger partial charge is 0.158 e. The summed E-state index contributed by atoms with van der Waals surface area (Å²) in [5, 5.41) is 8.46. The predicted molar refractivity (Wildman–Crippen MR) is 119 cm³/mol. The summed E-state index contributed by atoms with van der Waals surface area (Å²) in [6.45, 7) is 4.91. The van der Waals surface area contributed by atoms with Gasteiger partial charge in [0.2, 0.25) is 0 Å². The second-order valence-electron chi connectivity index (χ2n) is 7.12. The lowest BCUT2D eigenvalue weighted by Crippen LogP contribution is -2.11. The maximum atomic E-state index is 5.42. The molecule has 0 amide bonds. The van der Waals surface area contributed by atoms with E-state index in [9.17, 15) is 0 Å². The molecule has 154 valence electrons. The van der Waals surface area contributed by atoms with Crippen LogP contribution in [0, 0.1) is 6.92 Å². The van der Waals surface area contributed by atoms with Crippen LogP contribution in [-0.4, -0.2) is 28.8 Å². The van der Waals surface area contributed by atoms with Gasteiger partial charge in [0.25, 0.3) is 0 Å². The third kappa shape index (κ3) is 3.81. The Kier molecular flexibility index (Phi) is 5.57. The molecule has 0 radical (unpaired) electrons. The Bertz CT molecular complexity index is 1150. The largest absolute Gasteiger partial charge is 0.497 e. The molecule has 0 unspecified atom stereocenters. The molecule has 4 rings (SSSR count). The van der Waals surface area contributed by atoms with Crippen LogP contribution in [0.5, 0.6) is 11.5 Å². The lowest BCUT2D eigenvalue weighted by atomic mass is 10.1. The van der Waals surface area contributed by atoms with Gasteiger partial charge in [0.05, 0.1) is 19.9 Å². The normalized spacial score (nSPS) is 10.9. The van der Waals surface area contributed by atoms with Crippen LogP contribution in [0.1, 0.15) is 23.7 Å². The second-order valence-corrected chi connectivity index (χ2v) is 7.12. The van der Waals surface area contributed by atoms with Crippen molar-refractivity contribution < 1.29 is 9.47 Å². The van der Waals surface area contributed by atoms with E-state index in [1.807, 2.05) is 53.9 Å². The maximum absolute atomic E-state index is 5.42. The number of fused-ring (bicyclic) bond motifs is 1. The Morgan fingerprint density at radius 3 is 2.30 bits per heavy atom. The van der Waals surface area contributed by atoms with Crippen LogP contribution in [0.25, 0.3) is 16.9 Å². The molecule has 2 aromatic heterocycles. The number of hydrogen-bond donors (Lipinski definition) is 1. The topological polar surface area (TPSA) is 60.7 Å². The van der Waals surface area contributed by atoms with Crippen LogP contribution in [-0.2, 0) is 13.0 Å². The van der Waals surface area contributed by atoms with Gasteiger partial charge in [-0.25, -0.2) is 4.98 Å². The van der Waals surface area contributed by atoms with Crippen molar-refractivity contribution in [2.75, 3.05) is 19.5 Å². The summed E-state index contributed by atoms with van der Waals surface area (Å²) in [6, 6.07) is 18.1. The molecule has 0 saturated carbocycles. The van der Waals surface area contributed by atoms with Crippen molar-refractivity contribution in [3.8, 4) is 22.8 Å². The van der Waals surface area contributed by atoms with E-state index in [0.717, 1.165) is 51.9 Å². The van der Waals surface area contributed by atoms with Crippen molar-refractivity contribution in [3.63, 3.8) is 0 Å². The van der Waals surface area contributed by atoms with Crippen molar-refractivity contribution in [2.24, 2.45) is 0 Å². The fraction of sp³-hybridized carbons (Fsp3) is 0.250. The average molecular weight is 402 g/mol. The molecule has 6 nitrogen and oxygen atoms in total. The first kappa shape index (κ1) is 19.8. The summed E-state index contributed by atoms with van der Waals surface area (Å²) in [4.78, 5) is 4.79. The summed E-state index contributed by atoms with van der Waals surface area (Å²) in [5.41, 5.74) is 5.92. The zero-order valence-electron chi connectivity index (χ0n) is 17.8. The van der Waals surface area contributed by atoms with Crippen molar-refractivity contribution in [2.45, 2.75) is 26.8 Å². The lowest BCUT2D eigenvalue weighted by Gasteiger charge is -2.14. The van der Waals surface area contributed by atoms with E-state index in [-0.39, 0.29) is 0 Å². The van der Waals surface area contributed by atoms with E-state index >= 15 is 0 Å². The number of ether oxygens (including phenoxy) is 2. The third-order valence-corrected chi connectivity index (χ3v) is 5.21. The SMILES string of the molecule is CCc1c(C)nc2cc(-c3cc(OC)cc(OC)c3)nn2c1NCc1ccccc1. The second kappa shape index (κ2) is 8.45. The molecule has 2 heterocycles. The molecule has 0 bridgehead atoms. The standard InChI is InChI=1S/C24H26N4O2/c1-5-21-16(2)26-23-14-22(18-11-19(29-3)13-20(12-18)30-4)27-28(23)24(21)25-15-17-9-7-6-8-10-17/h6-14,25H,5,15H2,1-4H3. The molecule has 6 heteroatoms. The van der Waals surface area contributed by atoms with Gasteiger partial charge in [0.1, 0.15) is 17.3 Å². The summed E-state index contributed by atoms with van der Waals surface area (Å²) < 4.78 is 12.7. The predicted octanol–water partition coefficient (Wildman–Crippen LogP) is 4.90. The van der Waals surface area contributed by atoms with Gasteiger partial charge in [0, 0.05) is 35.5 Å². The van der Waals surface area contributed by atoms with E-state index in [1.165, 1.54) is 5.56 Å². The van der Waals surface area contributed by atoms with Gasteiger partial charge in [-0.15, -0.1) is 0 Å². The van der Waals surface area contributed by atoms with Gasteiger partial charge >= 0.3 is 0 Å². The van der Waals surface area contributed by atoms with Crippen LogP contribution in [0.4, 0.5) is 5.82 Å². The molecule has 4 aromatic rings. The highest BCUT2D eigenvalue weighted by atomic mass is 16.5. The molecule has 1 N–H and O–H groups in total. The Morgan fingerprint density at radius 2 is 1.67 bits per heavy atom. The summed E-state index contributed by atoms with van der Waals surface area (Å²) in [6.07, 6.45) is 0.869. The Hall–Kier alpha value is -3.54. The number of aryl methyl sites for hydroxylation is 1. The molecule has 0 spiro atoms. The maximum Gasteiger partial charge on any atom is 0.158 e. The summed E-state index contributed by atoms with van der Waals surface area (Å²) in [7, 11) is 3.29. The number of benzene rings is 2. The summed E-state index contributed by atoms with van der Waals surface area (Å²) >= 11 is 0. The monoisotopic (exact) mass is 402 g/mol. The fourth-order valence-electron chi connectivity index (χ4n) is 3.64.